The van der Waals surface area contributed by atoms with Crippen LogP contribution in [0.1, 0.15) is 21.5 Å². The van der Waals surface area contributed by atoms with Crippen molar-refractivity contribution in [1.29, 1.82) is 0 Å². The fraction of sp³-hybridized carbons (Fsp3) is 0.200. The van der Waals surface area contributed by atoms with Gasteiger partial charge in [0.15, 0.2) is 0 Å². The van der Waals surface area contributed by atoms with Crippen LogP contribution in [0.15, 0.2) is 36.4 Å². The molecule has 0 spiro atoms. The van der Waals surface area contributed by atoms with E-state index in [1.807, 2.05) is 12.1 Å². The SMILES string of the molecule is COc1cc(Cl)c(C(Br)c2cccc(C)c2)cc1Cl. The van der Waals surface area contributed by atoms with Crippen LogP contribution in [-0.2, 0) is 0 Å². The van der Waals surface area contributed by atoms with E-state index >= 15 is 0 Å². The lowest BCUT2D eigenvalue weighted by Crippen LogP contribution is -1.96. The smallest absolute Gasteiger partial charge is 0.138 e. The van der Waals surface area contributed by atoms with Crippen molar-refractivity contribution >= 4 is 39.1 Å². The molecule has 1 unspecified atom stereocenters. The zero-order chi connectivity index (χ0) is 14.0. The molecule has 1 nitrogen and oxygen atoms in total. The number of hydrogen-bond donors (Lipinski definition) is 0. The van der Waals surface area contributed by atoms with Crippen LogP contribution in [0, 0.1) is 6.92 Å². The van der Waals surface area contributed by atoms with Crippen molar-refractivity contribution in [1.82, 2.24) is 0 Å². The highest BCUT2D eigenvalue weighted by Crippen LogP contribution is 2.40. The summed E-state index contributed by atoms with van der Waals surface area (Å²) in [6.07, 6.45) is 0. The summed E-state index contributed by atoms with van der Waals surface area (Å²) in [4.78, 5) is 0.00306. The Labute approximate surface area is 131 Å². The van der Waals surface area contributed by atoms with E-state index in [9.17, 15) is 0 Å². The first-order valence-electron chi connectivity index (χ1n) is 5.76. The van der Waals surface area contributed by atoms with E-state index in [-0.39, 0.29) is 4.83 Å². The molecule has 1 atom stereocenters. The summed E-state index contributed by atoms with van der Waals surface area (Å²) in [5.41, 5.74) is 3.28. The molecule has 0 amide bonds. The van der Waals surface area contributed by atoms with Crippen LogP contribution in [0.4, 0.5) is 0 Å². The van der Waals surface area contributed by atoms with Crippen LogP contribution >= 0.6 is 39.1 Å². The Morgan fingerprint density at radius 2 is 1.84 bits per heavy atom. The van der Waals surface area contributed by atoms with E-state index in [1.54, 1.807) is 13.2 Å². The molecular weight excluding hydrogens is 347 g/mol. The van der Waals surface area contributed by atoms with Crippen molar-refractivity contribution in [3.05, 3.63) is 63.1 Å². The van der Waals surface area contributed by atoms with Crippen molar-refractivity contribution < 1.29 is 4.74 Å². The van der Waals surface area contributed by atoms with E-state index < -0.39 is 0 Å². The summed E-state index contributed by atoms with van der Waals surface area (Å²) in [5.74, 6) is 0.583. The zero-order valence-corrected chi connectivity index (χ0v) is 13.7. The average Bonchev–Trinajstić information content (AvgIpc) is 2.40. The molecule has 0 aromatic heterocycles. The summed E-state index contributed by atoms with van der Waals surface area (Å²) in [5, 5.41) is 1.18. The Kier molecular flexibility index (Phi) is 4.77. The van der Waals surface area contributed by atoms with Gasteiger partial charge in [-0.15, -0.1) is 0 Å². The van der Waals surface area contributed by atoms with Crippen LogP contribution < -0.4 is 4.74 Å². The van der Waals surface area contributed by atoms with Crippen molar-refractivity contribution in [2.75, 3.05) is 7.11 Å². The first-order chi connectivity index (χ1) is 9.02. The number of hydrogen-bond acceptors (Lipinski definition) is 1. The maximum atomic E-state index is 6.30. The van der Waals surface area contributed by atoms with Gasteiger partial charge in [0.05, 0.1) is 17.0 Å². The van der Waals surface area contributed by atoms with Gasteiger partial charge in [0.2, 0.25) is 0 Å². The highest BCUT2D eigenvalue weighted by atomic mass is 79.9. The molecule has 0 N–H and O–H groups in total. The van der Waals surface area contributed by atoms with Crippen molar-refractivity contribution in [3.8, 4) is 5.75 Å². The monoisotopic (exact) mass is 358 g/mol. The van der Waals surface area contributed by atoms with Gasteiger partial charge in [-0.2, -0.15) is 0 Å². The molecule has 0 aliphatic rings. The standard InChI is InChI=1S/C15H13BrCl2O/c1-9-4-3-5-10(6-9)15(16)11-7-13(18)14(19-2)8-12(11)17/h3-8,15H,1-2H3. The van der Waals surface area contributed by atoms with E-state index in [4.69, 9.17) is 27.9 Å². The molecule has 0 bridgehead atoms. The number of benzene rings is 2. The third-order valence-electron chi connectivity index (χ3n) is 2.88. The minimum Gasteiger partial charge on any atom is -0.495 e. The predicted molar refractivity (Wildman–Crippen MR) is 85.0 cm³/mol. The Morgan fingerprint density at radius 3 is 2.47 bits per heavy atom. The maximum absolute atomic E-state index is 6.30. The minimum atomic E-state index is 0.00306. The molecule has 0 saturated heterocycles. The zero-order valence-electron chi connectivity index (χ0n) is 10.6. The fourth-order valence-electron chi connectivity index (χ4n) is 1.90. The van der Waals surface area contributed by atoms with Gasteiger partial charge in [-0.05, 0) is 24.1 Å². The van der Waals surface area contributed by atoms with E-state index in [2.05, 4.69) is 41.1 Å². The summed E-state index contributed by atoms with van der Waals surface area (Å²) < 4.78 is 5.15. The molecule has 100 valence electrons. The van der Waals surface area contributed by atoms with Gasteiger partial charge >= 0.3 is 0 Å². The normalized spacial score (nSPS) is 12.3. The first-order valence-corrected chi connectivity index (χ1v) is 7.43. The number of methoxy groups -OCH3 is 1. The second kappa shape index (κ2) is 6.17. The first kappa shape index (κ1) is 14.7. The fourth-order valence-corrected chi connectivity index (χ4v) is 3.21. The van der Waals surface area contributed by atoms with Gasteiger partial charge in [-0.3, -0.25) is 0 Å². The van der Waals surface area contributed by atoms with Crippen molar-refractivity contribution in [2.24, 2.45) is 0 Å². The number of rotatable bonds is 3. The molecule has 2 aromatic carbocycles. The molecular formula is C15H13BrCl2O. The second-order valence-corrected chi connectivity index (χ2v) is 6.02. The van der Waals surface area contributed by atoms with Crippen LogP contribution in [0.2, 0.25) is 10.0 Å². The van der Waals surface area contributed by atoms with E-state index in [1.165, 1.54) is 5.56 Å². The van der Waals surface area contributed by atoms with Crippen LogP contribution in [0.3, 0.4) is 0 Å². The molecule has 0 radical (unpaired) electrons. The van der Waals surface area contributed by atoms with Crippen molar-refractivity contribution in [2.45, 2.75) is 11.8 Å². The van der Waals surface area contributed by atoms with Gasteiger partial charge in [0.1, 0.15) is 5.75 Å². The highest BCUT2D eigenvalue weighted by molar-refractivity contribution is 9.09. The molecule has 0 aliphatic heterocycles. The Hall–Kier alpha value is -0.700. The number of ether oxygens (including phenoxy) is 1. The molecule has 19 heavy (non-hydrogen) atoms. The predicted octanol–water partition coefficient (Wildman–Crippen LogP) is 5.79. The average molecular weight is 360 g/mol. The minimum absolute atomic E-state index is 0.00306. The lowest BCUT2D eigenvalue weighted by Gasteiger charge is -2.15. The number of aryl methyl sites for hydroxylation is 1. The molecule has 4 heteroatoms. The molecule has 2 rings (SSSR count). The quantitative estimate of drug-likeness (QED) is 0.629. The third kappa shape index (κ3) is 3.25. The largest absolute Gasteiger partial charge is 0.495 e. The highest BCUT2D eigenvalue weighted by Gasteiger charge is 2.16. The second-order valence-electron chi connectivity index (χ2n) is 4.28. The summed E-state index contributed by atoms with van der Waals surface area (Å²) in [6, 6.07) is 11.8. The topological polar surface area (TPSA) is 9.23 Å². The number of alkyl halides is 1. The maximum Gasteiger partial charge on any atom is 0.138 e. The van der Waals surface area contributed by atoms with Gasteiger partial charge in [0.25, 0.3) is 0 Å². The van der Waals surface area contributed by atoms with E-state index in [0.717, 1.165) is 11.1 Å². The molecule has 0 heterocycles. The number of halogens is 3. The molecule has 2 aromatic rings. The third-order valence-corrected chi connectivity index (χ3v) is 4.52. The summed E-state index contributed by atoms with van der Waals surface area (Å²) >= 11 is 16.1. The van der Waals surface area contributed by atoms with Gasteiger partial charge in [-0.1, -0.05) is 69.0 Å². The Bertz CT molecular complexity index is 599. The van der Waals surface area contributed by atoms with Gasteiger partial charge in [-0.25, -0.2) is 0 Å². The summed E-state index contributed by atoms with van der Waals surface area (Å²) in [6.45, 7) is 2.06. The van der Waals surface area contributed by atoms with Crippen LogP contribution in [-0.4, -0.2) is 7.11 Å². The lowest BCUT2D eigenvalue weighted by molar-refractivity contribution is 0.415. The van der Waals surface area contributed by atoms with Crippen LogP contribution in [0.25, 0.3) is 0 Å². The van der Waals surface area contributed by atoms with Gasteiger partial charge in [0, 0.05) is 11.1 Å². The lowest BCUT2D eigenvalue weighted by atomic mass is 10.0. The summed E-state index contributed by atoms with van der Waals surface area (Å²) in [7, 11) is 1.57. The Balaban J connectivity index is 2.44. The molecule has 0 aliphatic carbocycles. The van der Waals surface area contributed by atoms with Gasteiger partial charge < -0.3 is 4.74 Å². The van der Waals surface area contributed by atoms with Crippen molar-refractivity contribution in [3.63, 3.8) is 0 Å². The Morgan fingerprint density at radius 1 is 1.11 bits per heavy atom. The van der Waals surface area contributed by atoms with Crippen LogP contribution in [0.5, 0.6) is 5.75 Å². The molecule has 0 fully saturated rings. The van der Waals surface area contributed by atoms with E-state index in [0.29, 0.717) is 15.8 Å². The molecule has 0 saturated carbocycles.